The second kappa shape index (κ2) is 13.3. The molecule has 0 aliphatic carbocycles. The number of rotatable bonds is 11. The summed E-state index contributed by atoms with van der Waals surface area (Å²) in [6, 6.07) is 11.1. The molecule has 0 atom stereocenters. The molecule has 2 aromatic rings. The van der Waals surface area contributed by atoms with Gasteiger partial charge in [-0.1, -0.05) is 37.9 Å². The highest BCUT2D eigenvalue weighted by molar-refractivity contribution is 8.19. The first-order valence-electron chi connectivity index (χ1n) is 10.6. The molecule has 2 aromatic carbocycles. The van der Waals surface area contributed by atoms with Crippen LogP contribution < -0.4 is 13.7 Å². The highest BCUT2D eigenvalue weighted by Gasteiger charge is 2.09. The van der Waals surface area contributed by atoms with Gasteiger partial charge in [0.15, 0.2) is 23.0 Å². The maximum atomic E-state index is 12.3. The first kappa shape index (κ1) is 22.1. The van der Waals surface area contributed by atoms with E-state index in [0.29, 0.717) is 22.6 Å². The Balaban J connectivity index is 2.08. The minimum atomic E-state index is -0.588. The molecule has 11 heteroatoms. The van der Waals surface area contributed by atoms with Gasteiger partial charge in [-0.05, 0) is 67.9 Å². The molecule has 0 saturated carbocycles. The van der Waals surface area contributed by atoms with Crippen LogP contribution in [0, 0.1) is 11.3 Å². The lowest BCUT2D eigenvalue weighted by atomic mass is 10.1. The SMILES string of the molecule is [2H]B(C)SOc1ccc(/C=C/C=C(\C#N)C(=O)NCc2ccc(O)c(O)c2)cc1OSB([2H])C. The van der Waals surface area contributed by atoms with Gasteiger partial charge in [-0.15, -0.1) is 0 Å². The van der Waals surface area contributed by atoms with Crippen LogP contribution in [0.25, 0.3) is 6.08 Å². The predicted molar refractivity (Wildman–Crippen MR) is 133 cm³/mol. The standard InChI is InChI=1S/C21H22B2N2O5S2/c1-22-31-29-19-9-7-14(11-20(19)30-32-23-2)4-3-5-16(12-24)21(28)25-13-15-6-8-17(26)18(27)10-15/h3-11,22-23,26-27H,13H2,1-2H3,(H,25,28)/b4-3+,16-5+/i22D,23D. The molecule has 7 nitrogen and oxygen atoms in total. The van der Waals surface area contributed by atoms with Crippen LogP contribution in [0.1, 0.15) is 11.1 Å². The molecule has 0 fully saturated rings. The third kappa shape index (κ3) is 7.87. The minimum Gasteiger partial charge on any atom is -0.504 e. The lowest BCUT2D eigenvalue weighted by Crippen LogP contribution is -2.23. The summed E-state index contributed by atoms with van der Waals surface area (Å²) in [5, 5.41) is 30.8. The van der Waals surface area contributed by atoms with E-state index >= 15 is 0 Å². The van der Waals surface area contributed by atoms with Crippen LogP contribution in [0.2, 0.25) is 13.6 Å². The molecule has 0 unspecified atom stereocenters. The lowest BCUT2D eigenvalue weighted by molar-refractivity contribution is -0.117. The van der Waals surface area contributed by atoms with Gasteiger partial charge in [0.1, 0.15) is 11.6 Å². The molecule has 0 heterocycles. The Bertz CT molecular complexity index is 1110. The van der Waals surface area contributed by atoms with Crippen molar-refractivity contribution >= 4 is 48.8 Å². The zero-order valence-electron chi connectivity index (χ0n) is 19.4. The number of aromatic hydroxyl groups is 2. The van der Waals surface area contributed by atoms with E-state index in [0.717, 1.165) is 23.8 Å². The average Bonchev–Trinajstić information content (AvgIpc) is 2.80. The summed E-state index contributed by atoms with van der Waals surface area (Å²) < 4.78 is 26.3. The molecular formula is C21H22B2N2O5S2. The van der Waals surface area contributed by atoms with Crippen molar-refractivity contribution in [2.45, 2.75) is 20.2 Å². The predicted octanol–water partition coefficient (Wildman–Crippen LogP) is 3.73. The summed E-state index contributed by atoms with van der Waals surface area (Å²) in [5.74, 6) is -0.340. The van der Waals surface area contributed by atoms with Crippen LogP contribution in [0.4, 0.5) is 0 Å². The molecule has 0 spiro atoms. The fourth-order valence-corrected chi connectivity index (χ4v) is 3.01. The van der Waals surface area contributed by atoms with E-state index in [1.54, 1.807) is 50.1 Å². The van der Waals surface area contributed by atoms with Crippen molar-refractivity contribution in [3.8, 4) is 29.1 Å². The number of hydrogen-bond acceptors (Lipinski definition) is 8. The van der Waals surface area contributed by atoms with Crippen LogP contribution in [0.5, 0.6) is 23.0 Å². The summed E-state index contributed by atoms with van der Waals surface area (Å²) in [5.41, 5.74) is 1.15. The Morgan fingerprint density at radius 1 is 1.16 bits per heavy atom. The van der Waals surface area contributed by atoms with Crippen LogP contribution in [0.15, 0.2) is 54.1 Å². The molecule has 3 N–H and O–H groups in total. The van der Waals surface area contributed by atoms with Crippen LogP contribution >= 0.6 is 23.8 Å². The zero-order chi connectivity index (χ0) is 25.1. The molecule has 0 aliphatic heterocycles. The van der Waals surface area contributed by atoms with Crippen LogP contribution in [0.3, 0.4) is 0 Å². The van der Waals surface area contributed by atoms with Gasteiger partial charge in [0.25, 0.3) is 5.91 Å². The van der Waals surface area contributed by atoms with Gasteiger partial charge in [0.05, 0.1) is 0 Å². The summed E-state index contributed by atoms with van der Waals surface area (Å²) in [6.07, 6.45) is 4.59. The zero-order valence-corrected chi connectivity index (χ0v) is 19.1. The van der Waals surface area contributed by atoms with Crippen molar-refractivity contribution in [1.82, 2.24) is 5.32 Å². The Hall–Kier alpha value is -3.09. The molecule has 1 amide bonds. The monoisotopic (exact) mass is 470 g/mol. The molecule has 0 saturated heterocycles. The van der Waals surface area contributed by atoms with Gasteiger partial charge >= 0.3 is 0 Å². The number of amides is 1. The van der Waals surface area contributed by atoms with E-state index in [1.165, 1.54) is 18.2 Å². The van der Waals surface area contributed by atoms with Gasteiger partial charge in [0.2, 0.25) is 13.0 Å². The van der Waals surface area contributed by atoms with Crippen LogP contribution in [-0.4, -0.2) is 31.8 Å². The number of hydrogen-bond donors (Lipinski definition) is 3. The van der Waals surface area contributed by atoms with Gasteiger partial charge < -0.3 is 23.9 Å². The summed E-state index contributed by atoms with van der Waals surface area (Å²) in [6.45, 7) is 2.40. The Kier molecular flexibility index (Phi) is 9.23. The molecule has 0 bridgehead atoms. The Morgan fingerprint density at radius 3 is 2.53 bits per heavy atom. The van der Waals surface area contributed by atoms with Crippen molar-refractivity contribution < 1.29 is 23.4 Å². The Labute approximate surface area is 199 Å². The topological polar surface area (TPSA) is 112 Å². The van der Waals surface area contributed by atoms with Crippen molar-refractivity contribution in [3.63, 3.8) is 0 Å². The maximum absolute atomic E-state index is 12.3. The molecule has 0 radical (unpaired) electrons. The molecule has 0 aliphatic rings. The largest absolute Gasteiger partial charge is 0.504 e. The number of carbonyl (C=O) groups is 1. The molecule has 0 aromatic heterocycles. The summed E-state index contributed by atoms with van der Waals surface area (Å²) >= 11 is 1.92. The quantitative estimate of drug-likeness (QED) is 0.114. The third-order valence-electron chi connectivity index (χ3n) is 3.85. The van der Waals surface area contributed by atoms with Crippen molar-refractivity contribution in [1.29, 1.82) is 7.93 Å². The van der Waals surface area contributed by atoms with E-state index in [9.17, 15) is 20.3 Å². The highest BCUT2D eigenvalue weighted by atomic mass is 32.2. The Morgan fingerprint density at radius 2 is 1.88 bits per heavy atom. The van der Waals surface area contributed by atoms with Gasteiger partial charge in [-0.2, -0.15) is 5.26 Å². The second-order valence-electron chi connectivity index (χ2n) is 6.09. The normalized spacial score (nSPS) is 11.8. The summed E-state index contributed by atoms with van der Waals surface area (Å²) in [4.78, 5) is 12.3. The molecular weight excluding hydrogens is 446 g/mol. The number of phenols is 2. The third-order valence-corrected chi connectivity index (χ3v) is 4.78. The second-order valence-corrected chi connectivity index (χ2v) is 7.75. The maximum Gasteiger partial charge on any atom is 0.262 e. The van der Waals surface area contributed by atoms with E-state index in [2.05, 4.69) is 5.32 Å². The number of nitriles is 1. The van der Waals surface area contributed by atoms with Crippen LogP contribution in [-0.2, 0) is 11.3 Å². The highest BCUT2D eigenvalue weighted by Crippen LogP contribution is 2.33. The average molecular weight is 470 g/mol. The first-order valence-corrected chi connectivity index (χ1v) is 11.0. The fraction of sp³-hybridized carbons (Fsp3) is 0.143. The number of phenolic OH excluding ortho intramolecular Hbond substituents is 2. The summed E-state index contributed by atoms with van der Waals surface area (Å²) in [7, 11) is 0. The number of nitrogens with zero attached hydrogens (tertiary/aromatic N) is 1. The van der Waals surface area contributed by atoms with Gasteiger partial charge in [-0.3, -0.25) is 4.79 Å². The number of benzene rings is 2. The lowest BCUT2D eigenvalue weighted by Gasteiger charge is -2.10. The minimum absolute atomic E-state index is 0.0681. The van der Waals surface area contributed by atoms with E-state index in [-0.39, 0.29) is 23.6 Å². The molecule has 2 rings (SSSR count). The number of carbonyl (C=O) groups excluding carboxylic acids is 1. The van der Waals surface area contributed by atoms with Crippen molar-refractivity contribution in [2.24, 2.45) is 0 Å². The van der Waals surface area contributed by atoms with Gasteiger partial charge in [0, 0.05) is 6.54 Å². The molecule has 164 valence electrons. The van der Waals surface area contributed by atoms with E-state index < -0.39 is 18.9 Å². The van der Waals surface area contributed by atoms with Crippen molar-refractivity contribution in [3.05, 3.63) is 65.3 Å². The fourth-order valence-electron chi connectivity index (χ4n) is 2.34. The van der Waals surface area contributed by atoms with E-state index in [4.69, 9.17) is 11.0 Å². The van der Waals surface area contributed by atoms with Crippen molar-refractivity contribution in [2.75, 3.05) is 0 Å². The first-order chi connectivity index (χ1) is 16.2. The molecule has 32 heavy (non-hydrogen) atoms. The van der Waals surface area contributed by atoms with Gasteiger partial charge in [-0.25, -0.2) is 0 Å². The smallest absolute Gasteiger partial charge is 0.262 e. The number of allylic oxidation sites excluding steroid dienone is 2. The number of nitrogens with one attached hydrogen (secondary N) is 1. The van der Waals surface area contributed by atoms with E-state index in [1.807, 2.05) is 6.07 Å².